The van der Waals surface area contributed by atoms with Crippen molar-refractivity contribution in [2.75, 3.05) is 0 Å². The van der Waals surface area contributed by atoms with Gasteiger partial charge >= 0.3 is 0 Å². The van der Waals surface area contributed by atoms with Crippen LogP contribution in [-0.2, 0) is 27.2 Å². The fourth-order valence-electron chi connectivity index (χ4n) is 4.29. The highest BCUT2D eigenvalue weighted by Crippen LogP contribution is 2.18. The molecule has 5 unspecified atom stereocenters. The number of hydrogen-bond donors (Lipinski definition) is 4. The lowest BCUT2D eigenvalue weighted by molar-refractivity contribution is -0.154. The van der Waals surface area contributed by atoms with Crippen molar-refractivity contribution in [2.24, 2.45) is 17.6 Å². The zero-order chi connectivity index (χ0) is 27.7. The number of imide groups is 1. The number of nitrogens with two attached hydrogens (primary N) is 1. The lowest BCUT2D eigenvalue weighted by atomic mass is 9.93. The van der Waals surface area contributed by atoms with Crippen LogP contribution >= 0.6 is 0 Å². The van der Waals surface area contributed by atoms with Crippen LogP contribution in [-0.4, -0.2) is 63.2 Å². The van der Waals surface area contributed by atoms with E-state index in [0.717, 1.165) is 16.0 Å². The van der Waals surface area contributed by atoms with E-state index < -0.39 is 54.0 Å². The molecule has 8 nitrogen and oxygen atoms in total. The number of rotatable bonds is 12. The van der Waals surface area contributed by atoms with Gasteiger partial charge in [-0.3, -0.25) is 19.3 Å². The maximum Gasteiger partial charge on any atom is 0.247 e. The lowest BCUT2D eigenvalue weighted by Gasteiger charge is -2.36. The van der Waals surface area contributed by atoms with E-state index in [1.54, 1.807) is 27.7 Å². The fraction of sp³-hybridized carbons (Fsp3) is 0.483. The molecule has 0 heterocycles. The Hall–Kier alpha value is -3.07. The average Bonchev–Trinajstić information content (AvgIpc) is 2.86. The molecule has 202 valence electrons. The molecule has 2 aromatic carbocycles. The second-order valence-corrected chi connectivity index (χ2v) is 10.2. The number of amides is 3. The van der Waals surface area contributed by atoms with Crippen LogP contribution in [0.3, 0.4) is 0 Å². The highest BCUT2D eigenvalue weighted by atomic mass is 16.3. The van der Waals surface area contributed by atoms with Crippen molar-refractivity contribution >= 4 is 17.7 Å². The maximum atomic E-state index is 13.6. The summed E-state index contributed by atoms with van der Waals surface area (Å²) in [4.78, 5) is 40.2. The van der Waals surface area contributed by atoms with Gasteiger partial charge in [0.2, 0.25) is 17.7 Å². The quantitative estimate of drug-likeness (QED) is 0.345. The van der Waals surface area contributed by atoms with Gasteiger partial charge in [-0.25, -0.2) is 0 Å². The number of carbonyl (C=O) groups is 3. The van der Waals surface area contributed by atoms with Crippen LogP contribution in [0, 0.1) is 11.8 Å². The van der Waals surface area contributed by atoms with Crippen molar-refractivity contribution in [1.82, 2.24) is 10.2 Å². The smallest absolute Gasteiger partial charge is 0.247 e. The number of hydrogen-bond acceptors (Lipinski definition) is 6. The van der Waals surface area contributed by atoms with Crippen LogP contribution in [0.5, 0.6) is 0 Å². The van der Waals surface area contributed by atoms with Gasteiger partial charge in [-0.15, -0.1) is 0 Å². The molecule has 0 spiro atoms. The third-order valence-electron chi connectivity index (χ3n) is 6.48. The summed E-state index contributed by atoms with van der Waals surface area (Å²) >= 11 is 0. The molecular weight excluding hydrogens is 470 g/mol. The number of carbonyl (C=O) groups excluding carboxylic acids is 3. The summed E-state index contributed by atoms with van der Waals surface area (Å²) in [6.45, 7) is 8.24. The molecule has 0 aliphatic rings. The molecule has 8 heteroatoms. The van der Waals surface area contributed by atoms with E-state index >= 15 is 0 Å². The Morgan fingerprint density at radius 1 is 0.838 bits per heavy atom. The Morgan fingerprint density at radius 2 is 1.32 bits per heavy atom. The first-order valence-corrected chi connectivity index (χ1v) is 12.8. The number of nitrogens with one attached hydrogen (secondary N) is 1. The van der Waals surface area contributed by atoms with Crippen LogP contribution in [0.2, 0.25) is 0 Å². The summed E-state index contributed by atoms with van der Waals surface area (Å²) in [6.07, 6.45) is -2.03. The summed E-state index contributed by atoms with van der Waals surface area (Å²) in [5.74, 6) is -2.46. The first-order chi connectivity index (χ1) is 17.4. The molecule has 0 aliphatic heterocycles. The van der Waals surface area contributed by atoms with Crippen molar-refractivity contribution in [2.45, 2.75) is 77.8 Å². The normalized spacial score (nSPS) is 15.5. The lowest BCUT2D eigenvalue weighted by Crippen LogP contribution is -2.61. The van der Waals surface area contributed by atoms with Gasteiger partial charge in [0.25, 0.3) is 0 Å². The maximum absolute atomic E-state index is 13.6. The summed E-state index contributed by atoms with van der Waals surface area (Å²) in [5.41, 5.74) is 7.74. The monoisotopic (exact) mass is 511 g/mol. The molecule has 5 N–H and O–H groups in total. The van der Waals surface area contributed by atoms with Gasteiger partial charge in [0, 0.05) is 13.3 Å². The Labute approximate surface area is 219 Å². The molecule has 0 aromatic heterocycles. The molecule has 3 amide bonds. The van der Waals surface area contributed by atoms with Crippen LogP contribution in [0.25, 0.3) is 0 Å². The number of aliphatic hydroxyl groups excluding tert-OH is 2. The summed E-state index contributed by atoms with van der Waals surface area (Å²) in [6, 6.07) is 15.6. The van der Waals surface area contributed by atoms with Crippen molar-refractivity contribution < 1.29 is 24.6 Å². The zero-order valence-corrected chi connectivity index (χ0v) is 22.4. The molecule has 0 bridgehead atoms. The van der Waals surface area contributed by atoms with E-state index in [2.05, 4.69) is 5.32 Å². The number of aliphatic hydroxyl groups is 2. The SMILES string of the molecule is CC(=O)N(C(=O)C(N)C(C)C)C(C(=O)NC(Cc1ccccc1)C(O)C(O)Cc1ccccc1)C(C)C. The predicted molar refractivity (Wildman–Crippen MR) is 143 cm³/mol. The molecule has 2 rings (SSSR count). The zero-order valence-electron chi connectivity index (χ0n) is 22.4. The first kappa shape index (κ1) is 30.2. The molecule has 0 saturated heterocycles. The third kappa shape index (κ3) is 8.49. The fourth-order valence-corrected chi connectivity index (χ4v) is 4.29. The molecule has 2 aromatic rings. The molecule has 0 aliphatic carbocycles. The van der Waals surface area contributed by atoms with Crippen molar-refractivity contribution in [3.63, 3.8) is 0 Å². The van der Waals surface area contributed by atoms with Crippen LogP contribution in [0.15, 0.2) is 60.7 Å². The first-order valence-electron chi connectivity index (χ1n) is 12.8. The van der Waals surface area contributed by atoms with Crippen LogP contribution in [0.4, 0.5) is 0 Å². The summed E-state index contributed by atoms with van der Waals surface area (Å²) < 4.78 is 0. The highest BCUT2D eigenvalue weighted by Gasteiger charge is 2.40. The van der Waals surface area contributed by atoms with Gasteiger partial charge in [0.1, 0.15) is 12.1 Å². The molecule has 37 heavy (non-hydrogen) atoms. The van der Waals surface area contributed by atoms with Gasteiger partial charge in [0.15, 0.2) is 0 Å². The van der Waals surface area contributed by atoms with E-state index in [1.807, 2.05) is 60.7 Å². The second-order valence-electron chi connectivity index (χ2n) is 10.2. The number of nitrogens with zero attached hydrogens (tertiary/aromatic N) is 1. The highest BCUT2D eigenvalue weighted by molar-refractivity contribution is 6.01. The van der Waals surface area contributed by atoms with Gasteiger partial charge in [0.05, 0.1) is 18.2 Å². The van der Waals surface area contributed by atoms with Crippen molar-refractivity contribution in [3.8, 4) is 0 Å². The molecular formula is C29H41N3O5. The summed E-state index contributed by atoms with van der Waals surface area (Å²) in [5, 5.41) is 24.9. The van der Waals surface area contributed by atoms with E-state index in [0.29, 0.717) is 0 Å². The van der Waals surface area contributed by atoms with Crippen LogP contribution in [0.1, 0.15) is 45.7 Å². The molecule has 0 saturated carbocycles. The minimum Gasteiger partial charge on any atom is -0.390 e. The topological polar surface area (TPSA) is 133 Å². The van der Waals surface area contributed by atoms with Crippen molar-refractivity contribution in [3.05, 3.63) is 71.8 Å². The largest absolute Gasteiger partial charge is 0.390 e. The Bertz CT molecular complexity index is 1010. The van der Waals surface area contributed by atoms with Gasteiger partial charge in [-0.05, 0) is 29.4 Å². The third-order valence-corrected chi connectivity index (χ3v) is 6.48. The minimum absolute atomic E-state index is 0.193. The van der Waals surface area contributed by atoms with Crippen molar-refractivity contribution in [1.29, 1.82) is 0 Å². The Balaban J connectivity index is 2.35. The van der Waals surface area contributed by atoms with E-state index in [1.165, 1.54) is 6.92 Å². The Morgan fingerprint density at radius 3 is 1.76 bits per heavy atom. The van der Waals surface area contributed by atoms with E-state index in [4.69, 9.17) is 5.73 Å². The van der Waals surface area contributed by atoms with Crippen LogP contribution < -0.4 is 11.1 Å². The van der Waals surface area contributed by atoms with Gasteiger partial charge in [-0.2, -0.15) is 0 Å². The summed E-state index contributed by atoms with van der Waals surface area (Å²) in [7, 11) is 0. The Kier molecular flexibility index (Phi) is 11.4. The predicted octanol–water partition coefficient (Wildman–Crippen LogP) is 2.06. The molecule has 0 fully saturated rings. The second kappa shape index (κ2) is 14.0. The van der Waals surface area contributed by atoms with E-state index in [-0.39, 0.29) is 18.8 Å². The average molecular weight is 512 g/mol. The number of benzene rings is 2. The minimum atomic E-state index is -1.31. The standard InChI is InChI=1S/C29H41N3O5/c1-18(2)25(30)29(37)32(20(5)33)26(19(3)4)28(36)31-23(16-21-12-8-6-9-13-21)27(35)24(34)17-22-14-10-7-11-15-22/h6-15,18-19,23-27,34-35H,16-17,30H2,1-5H3,(H,31,36). The molecule has 0 radical (unpaired) electrons. The molecule has 5 atom stereocenters. The van der Waals surface area contributed by atoms with Gasteiger partial charge < -0.3 is 21.3 Å². The van der Waals surface area contributed by atoms with E-state index in [9.17, 15) is 24.6 Å². The van der Waals surface area contributed by atoms with Gasteiger partial charge in [-0.1, -0.05) is 88.4 Å².